The summed E-state index contributed by atoms with van der Waals surface area (Å²) >= 11 is 3.24. The van der Waals surface area contributed by atoms with Gasteiger partial charge in [0.15, 0.2) is 5.13 Å². The van der Waals surface area contributed by atoms with Gasteiger partial charge in [-0.2, -0.15) is 0 Å². The van der Waals surface area contributed by atoms with Crippen LogP contribution in [-0.2, 0) is 0 Å². The summed E-state index contributed by atoms with van der Waals surface area (Å²) in [6.45, 7) is 0. The van der Waals surface area contributed by atoms with Gasteiger partial charge in [0.25, 0.3) is 0 Å². The predicted molar refractivity (Wildman–Crippen MR) is 82.5 cm³/mol. The summed E-state index contributed by atoms with van der Waals surface area (Å²) in [7, 11) is 0. The normalized spacial score (nSPS) is 10.5. The van der Waals surface area contributed by atoms with Crippen molar-refractivity contribution in [1.29, 1.82) is 0 Å². The molecule has 2 aromatic carbocycles. The van der Waals surface area contributed by atoms with Crippen molar-refractivity contribution in [3.63, 3.8) is 0 Å². The van der Waals surface area contributed by atoms with Crippen molar-refractivity contribution in [2.45, 2.75) is 9.10 Å². The molecular weight excluding hydrogens is 272 g/mol. The van der Waals surface area contributed by atoms with Gasteiger partial charge in [-0.3, -0.25) is 0 Å². The first-order chi connectivity index (χ1) is 9.33. The maximum atomic E-state index is 5.86. The monoisotopic (exact) mass is 284 g/mol. The van der Waals surface area contributed by atoms with Crippen molar-refractivity contribution in [3.05, 3.63) is 60.7 Å². The van der Waals surface area contributed by atoms with E-state index in [1.807, 2.05) is 36.4 Å². The summed E-state index contributed by atoms with van der Waals surface area (Å²) in [5.74, 6) is 0. The van der Waals surface area contributed by atoms with Gasteiger partial charge in [-0.1, -0.05) is 71.6 Å². The molecule has 0 bridgehead atoms. The summed E-state index contributed by atoms with van der Waals surface area (Å²) in [5, 5.41) is 0.609. The first kappa shape index (κ1) is 12.3. The standard InChI is InChI=1S/C15H12N2S2/c16-15-17-13(11-7-3-1-4-8-11)14(19-15)18-12-9-5-2-6-10-12/h1-10H,(H2,16,17). The smallest absolute Gasteiger partial charge is 0.181 e. The molecule has 94 valence electrons. The molecule has 1 aromatic heterocycles. The van der Waals surface area contributed by atoms with E-state index < -0.39 is 0 Å². The Morgan fingerprint density at radius 3 is 2.21 bits per heavy atom. The molecule has 0 amide bonds. The number of thiazole rings is 1. The molecule has 4 heteroatoms. The van der Waals surface area contributed by atoms with E-state index in [1.165, 1.54) is 16.2 Å². The van der Waals surface area contributed by atoms with Crippen molar-refractivity contribution >= 4 is 28.2 Å². The minimum atomic E-state index is 0.609. The first-order valence-electron chi connectivity index (χ1n) is 5.87. The summed E-state index contributed by atoms with van der Waals surface area (Å²) in [6, 6.07) is 20.4. The highest BCUT2D eigenvalue weighted by Gasteiger charge is 2.12. The van der Waals surface area contributed by atoms with Crippen molar-refractivity contribution in [2.24, 2.45) is 0 Å². The molecule has 0 spiro atoms. The summed E-state index contributed by atoms with van der Waals surface area (Å²) in [6.07, 6.45) is 0. The fourth-order valence-corrected chi connectivity index (χ4v) is 3.83. The molecule has 2 N–H and O–H groups in total. The lowest BCUT2D eigenvalue weighted by atomic mass is 10.2. The minimum Gasteiger partial charge on any atom is -0.375 e. The number of nitrogens with two attached hydrogens (primary N) is 1. The predicted octanol–water partition coefficient (Wildman–Crippen LogP) is 4.54. The van der Waals surface area contributed by atoms with Crippen LogP contribution in [0.5, 0.6) is 0 Å². The third kappa shape index (κ3) is 2.80. The van der Waals surface area contributed by atoms with E-state index in [4.69, 9.17) is 5.73 Å². The van der Waals surface area contributed by atoms with Crippen LogP contribution in [0.15, 0.2) is 69.8 Å². The van der Waals surface area contributed by atoms with Crippen LogP contribution in [0.2, 0.25) is 0 Å². The van der Waals surface area contributed by atoms with Crippen LogP contribution in [0.1, 0.15) is 0 Å². The number of nitrogen functional groups attached to an aromatic ring is 1. The molecule has 0 saturated carbocycles. The van der Waals surface area contributed by atoms with Gasteiger partial charge in [0, 0.05) is 10.5 Å². The molecule has 2 nitrogen and oxygen atoms in total. The number of benzene rings is 2. The van der Waals surface area contributed by atoms with Crippen LogP contribution >= 0.6 is 23.1 Å². The van der Waals surface area contributed by atoms with E-state index in [2.05, 4.69) is 29.2 Å². The van der Waals surface area contributed by atoms with Crippen molar-refractivity contribution in [1.82, 2.24) is 4.98 Å². The second-order valence-corrected chi connectivity index (χ2v) is 6.34. The van der Waals surface area contributed by atoms with E-state index in [0.29, 0.717) is 5.13 Å². The van der Waals surface area contributed by atoms with E-state index in [0.717, 1.165) is 15.5 Å². The van der Waals surface area contributed by atoms with Gasteiger partial charge in [0.2, 0.25) is 0 Å². The minimum absolute atomic E-state index is 0.609. The Kier molecular flexibility index (Phi) is 3.53. The topological polar surface area (TPSA) is 38.9 Å². The molecule has 19 heavy (non-hydrogen) atoms. The highest BCUT2D eigenvalue weighted by atomic mass is 32.2. The average molecular weight is 284 g/mol. The number of hydrogen-bond donors (Lipinski definition) is 1. The third-order valence-electron chi connectivity index (χ3n) is 2.61. The molecule has 0 aliphatic heterocycles. The van der Waals surface area contributed by atoms with Crippen LogP contribution in [0.4, 0.5) is 5.13 Å². The van der Waals surface area contributed by atoms with Gasteiger partial charge in [0.05, 0.1) is 9.90 Å². The van der Waals surface area contributed by atoms with E-state index in [-0.39, 0.29) is 0 Å². The second-order valence-electron chi connectivity index (χ2n) is 3.97. The van der Waals surface area contributed by atoms with Crippen molar-refractivity contribution < 1.29 is 0 Å². The fraction of sp³-hybridized carbons (Fsp3) is 0. The first-order valence-corrected chi connectivity index (χ1v) is 7.51. The van der Waals surface area contributed by atoms with E-state index in [1.54, 1.807) is 11.8 Å². The van der Waals surface area contributed by atoms with Gasteiger partial charge in [-0.25, -0.2) is 4.98 Å². The number of aromatic nitrogens is 1. The van der Waals surface area contributed by atoms with Crippen molar-refractivity contribution in [2.75, 3.05) is 5.73 Å². The lowest BCUT2D eigenvalue weighted by Gasteiger charge is -2.02. The number of rotatable bonds is 3. The summed E-state index contributed by atoms with van der Waals surface area (Å²) in [5.41, 5.74) is 7.94. The Balaban J connectivity index is 1.99. The highest BCUT2D eigenvalue weighted by molar-refractivity contribution is 8.01. The zero-order chi connectivity index (χ0) is 13.1. The lowest BCUT2D eigenvalue weighted by molar-refractivity contribution is 1.36. The summed E-state index contributed by atoms with van der Waals surface area (Å²) in [4.78, 5) is 5.65. The molecule has 0 aliphatic rings. The van der Waals surface area contributed by atoms with E-state index in [9.17, 15) is 0 Å². The third-order valence-corrected chi connectivity index (χ3v) is 4.68. The Bertz CT molecular complexity index is 663. The Morgan fingerprint density at radius 1 is 0.895 bits per heavy atom. The van der Waals surface area contributed by atoms with Crippen molar-refractivity contribution in [3.8, 4) is 11.3 Å². The molecule has 0 atom stereocenters. The molecular formula is C15H12N2S2. The second kappa shape index (κ2) is 5.47. The molecule has 0 fully saturated rings. The average Bonchev–Trinajstić information content (AvgIpc) is 2.82. The maximum Gasteiger partial charge on any atom is 0.181 e. The SMILES string of the molecule is Nc1nc(-c2ccccc2)c(Sc2ccccc2)s1. The van der Waals surface area contributed by atoms with Gasteiger partial charge in [0.1, 0.15) is 0 Å². The molecule has 1 heterocycles. The quantitative estimate of drug-likeness (QED) is 0.767. The fourth-order valence-electron chi connectivity index (χ4n) is 1.77. The molecule has 0 unspecified atom stereocenters. The number of nitrogens with zero attached hydrogens (tertiary/aromatic N) is 1. The van der Waals surface area contributed by atoms with Crippen LogP contribution in [0.3, 0.4) is 0 Å². The molecule has 0 saturated heterocycles. The Morgan fingerprint density at radius 2 is 1.53 bits per heavy atom. The maximum absolute atomic E-state index is 5.86. The van der Waals surface area contributed by atoms with Gasteiger partial charge >= 0.3 is 0 Å². The van der Waals surface area contributed by atoms with Gasteiger partial charge in [-0.05, 0) is 12.1 Å². The zero-order valence-electron chi connectivity index (χ0n) is 10.1. The van der Waals surface area contributed by atoms with Gasteiger partial charge < -0.3 is 5.73 Å². The highest BCUT2D eigenvalue weighted by Crippen LogP contribution is 2.40. The molecule has 3 aromatic rings. The van der Waals surface area contributed by atoms with Crippen LogP contribution in [0.25, 0.3) is 11.3 Å². The number of anilines is 1. The van der Waals surface area contributed by atoms with Crippen LogP contribution in [0, 0.1) is 0 Å². The molecule has 0 radical (unpaired) electrons. The van der Waals surface area contributed by atoms with Crippen LogP contribution < -0.4 is 5.73 Å². The number of hydrogen-bond acceptors (Lipinski definition) is 4. The van der Waals surface area contributed by atoms with Crippen LogP contribution in [-0.4, -0.2) is 4.98 Å². The molecule has 0 aliphatic carbocycles. The Labute approximate surface area is 120 Å². The summed E-state index contributed by atoms with van der Waals surface area (Å²) < 4.78 is 1.13. The molecule has 3 rings (SSSR count). The van der Waals surface area contributed by atoms with Gasteiger partial charge in [-0.15, -0.1) is 0 Å². The zero-order valence-corrected chi connectivity index (χ0v) is 11.7. The lowest BCUT2D eigenvalue weighted by Crippen LogP contribution is -1.83. The van der Waals surface area contributed by atoms with E-state index >= 15 is 0 Å². The Hall–Kier alpha value is -1.78. The largest absolute Gasteiger partial charge is 0.375 e.